The van der Waals surface area contributed by atoms with E-state index in [1.807, 2.05) is 0 Å². The topological polar surface area (TPSA) is 125 Å². The Morgan fingerprint density at radius 2 is 2.11 bits per heavy atom. The van der Waals surface area contributed by atoms with Crippen LogP contribution in [0.3, 0.4) is 0 Å². The number of nitrogen functional groups attached to an aromatic ring is 1. The Morgan fingerprint density at radius 3 is 2.68 bits per heavy atom. The molecule has 1 aromatic heterocycles. The molecular weight excluding hydrogens is 266 g/mol. The van der Waals surface area contributed by atoms with Gasteiger partial charge in [-0.25, -0.2) is 8.42 Å². The zero-order valence-corrected chi connectivity index (χ0v) is 11.0. The third-order valence-electron chi connectivity index (χ3n) is 2.53. The third kappa shape index (κ3) is 2.58. The summed E-state index contributed by atoms with van der Waals surface area (Å²) in [6, 6.07) is 6.45. The van der Waals surface area contributed by atoms with Gasteiger partial charge in [-0.05, 0) is 19.1 Å². The third-order valence-corrected chi connectivity index (χ3v) is 4.01. The van der Waals surface area contributed by atoms with Crippen molar-refractivity contribution < 1.29 is 8.42 Å². The molecule has 0 saturated carbocycles. The van der Waals surface area contributed by atoms with Crippen molar-refractivity contribution in [2.24, 2.45) is 5.73 Å². The Balaban J connectivity index is 2.42. The van der Waals surface area contributed by atoms with Gasteiger partial charge in [-0.15, -0.1) is 0 Å². The number of hydrogen-bond donors (Lipinski definition) is 4. The zero-order chi connectivity index (χ0) is 14.0. The van der Waals surface area contributed by atoms with E-state index in [9.17, 15) is 8.42 Å². The van der Waals surface area contributed by atoms with Gasteiger partial charge in [-0.2, -0.15) is 5.10 Å². The number of benzene rings is 1. The van der Waals surface area contributed by atoms with Crippen LogP contribution in [0.2, 0.25) is 0 Å². The van der Waals surface area contributed by atoms with Gasteiger partial charge in [-0.1, -0.05) is 12.1 Å². The van der Waals surface area contributed by atoms with Crippen LogP contribution >= 0.6 is 0 Å². The fourth-order valence-corrected chi connectivity index (χ4v) is 2.83. The zero-order valence-electron chi connectivity index (χ0n) is 10.1. The number of rotatable bonds is 4. The highest BCUT2D eigenvalue weighted by Crippen LogP contribution is 2.20. The van der Waals surface area contributed by atoms with Crippen molar-refractivity contribution in [2.45, 2.75) is 11.8 Å². The van der Waals surface area contributed by atoms with Crippen LogP contribution in [0.1, 0.15) is 11.3 Å². The number of H-pyrrole nitrogens is 1. The molecular formula is C11H13N5O2S. The number of nitrogens with zero attached hydrogens (tertiary/aromatic N) is 1. The highest BCUT2D eigenvalue weighted by Gasteiger charge is 2.20. The second-order valence-corrected chi connectivity index (χ2v) is 5.57. The number of aryl methyl sites for hydroxylation is 1. The van der Waals surface area contributed by atoms with Crippen LogP contribution in [0.25, 0.3) is 0 Å². The molecule has 0 atom stereocenters. The summed E-state index contributed by atoms with van der Waals surface area (Å²) in [6.45, 7) is 1.61. The second kappa shape index (κ2) is 4.73. The minimum Gasteiger partial charge on any atom is -0.384 e. The van der Waals surface area contributed by atoms with Gasteiger partial charge in [0.1, 0.15) is 10.7 Å². The summed E-state index contributed by atoms with van der Waals surface area (Å²) in [5.41, 5.74) is 6.44. The van der Waals surface area contributed by atoms with Crippen molar-refractivity contribution in [3.8, 4) is 0 Å². The predicted octanol–water partition coefficient (Wildman–Crippen LogP) is 0.803. The van der Waals surface area contributed by atoms with E-state index >= 15 is 0 Å². The molecule has 19 heavy (non-hydrogen) atoms. The molecule has 1 heterocycles. The summed E-state index contributed by atoms with van der Waals surface area (Å²) in [4.78, 5) is 0.0610. The molecule has 1 aromatic carbocycles. The maximum absolute atomic E-state index is 12.2. The standard InChI is InChI=1S/C11H13N5O2S/c1-7-10(6-14-15-7)19(17,18)16-9-5-3-2-4-8(9)11(12)13/h2-6,16H,1H3,(H3,12,13)(H,14,15). The minimum absolute atomic E-state index is 0.0610. The number of aromatic amines is 1. The van der Waals surface area contributed by atoms with Gasteiger partial charge in [0.15, 0.2) is 0 Å². The fourth-order valence-electron chi connectivity index (χ4n) is 1.62. The Kier molecular flexibility index (Phi) is 3.26. The normalized spacial score (nSPS) is 11.2. The van der Waals surface area contributed by atoms with Crippen molar-refractivity contribution in [3.05, 3.63) is 41.7 Å². The SMILES string of the molecule is Cc1[nH]ncc1S(=O)(=O)Nc1ccccc1C(=N)N. The fraction of sp³-hybridized carbons (Fsp3) is 0.0909. The monoisotopic (exact) mass is 279 g/mol. The highest BCUT2D eigenvalue weighted by molar-refractivity contribution is 7.92. The first-order valence-electron chi connectivity index (χ1n) is 5.38. The van der Waals surface area contributed by atoms with E-state index in [0.717, 1.165) is 0 Å². The molecule has 2 aromatic rings. The molecule has 0 radical (unpaired) electrons. The Labute approximate surface area is 110 Å². The van der Waals surface area contributed by atoms with Crippen LogP contribution < -0.4 is 10.5 Å². The highest BCUT2D eigenvalue weighted by atomic mass is 32.2. The Bertz CT molecular complexity index is 720. The molecule has 0 unspecified atom stereocenters. The Hall–Kier alpha value is -2.35. The first-order valence-corrected chi connectivity index (χ1v) is 6.86. The molecule has 0 aliphatic carbocycles. The molecule has 0 aliphatic heterocycles. The van der Waals surface area contributed by atoms with Crippen LogP contribution in [0.5, 0.6) is 0 Å². The number of aromatic nitrogens is 2. The average molecular weight is 279 g/mol. The van der Waals surface area contributed by atoms with Gasteiger partial charge in [0.25, 0.3) is 10.0 Å². The predicted molar refractivity (Wildman–Crippen MR) is 71.6 cm³/mol. The molecule has 0 amide bonds. The smallest absolute Gasteiger partial charge is 0.265 e. The number of para-hydroxylation sites is 1. The largest absolute Gasteiger partial charge is 0.384 e. The van der Waals surface area contributed by atoms with Gasteiger partial charge in [-0.3, -0.25) is 15.2 Å². The number of nitrogens with one attached hydrogen (secondary N) is 3. The van der Waals surface area contributed by atoms with E-state index in [1.165, 1.54) is 6.20 Å². The van der Waals surface area contributed by atoms with E-state index in [-0.39, 0.29) is 16.4 Å². The van der Waals surface area contributed by atoms with Crippen molar-refractivity contribution in [1.29, 1.82) is 5.41 Å². The maximum Gasteiger partial charge on any atom is 0.265 e. The lowest BCUT2D eigenvalue weighted by molar-refractivity contribution is 0.600. The lowest BCUT2D eigenvalue weighted by Crippen LogP contribution is -2.18. The van der Waals surface area contributed by atoms with Gasteiger partial charge in [0.05, 0.1) is 17.6 Å². The number of amidine groups is 1. The van der Waals surface area contributed by atoms with Gasteiger partial charge < -0.3 is 5.73 Å². The summed E-state index contributed by atoms with van der Waals surface area (Å²) >= 11 is 0. The lowest BCUT2D eigenvalue weighted by Gasteiger charge is -2.11. The van der Waals surface area contributed by atoms with Crippen LogP contribution in [0, 0.1) is 12.3 Å². The average Bonchev–Trinajstić information content (AvgIpc) is 2.76. The first kappa shape index (κ1) is 13.1. The molecule has 7 nitrogen and oxygen atoms in total. The number of sulfonamides is 1. The minimum atomic E-state index is -3.75. The van der Waals surface area contributed by atoms with E-state index in [1.54, 1.807) is 31.2 Å². The molecule has 5 N–H and O–H groups in total. The summed E-state index contributed by atoms with van der Waals surface area (Å²) in [7, 11) is -3.75. The molecule has 0 saturated heterocycles. The number of anilines is 1. The van der Waals surface area contributed by atoms with Crippen molar-refractivity contribution in [3.63, 3.8) is 0 Å². The summed E-state index contributed by atoms with van der Waals surface area (Å²) in [5.74, 6) is -0.206. The second-order valence-electron chi connectivity index (χ2n) is 3.92. The molecule has 0 aliphatic rings. The van der Waals surface area contributed by atoms with E-state index in [4.69, 9.17) is 11.1 Å². The molecule has 0 spiro atoms. The quantitative estimate of drug-likeness (QED) is 0.488. The van der Waals surface area contributed by atoms with Gasteiger partial charge >= 0.3 is 0 Å². The van der Waals surface area contributed by atoms with Crippen LogP contribution in [0.15, 0.2) is 35.4 Å². The van der Waals surface area contributed by atoms with E-state index in [2.05, 4.69) is 14.9 Å². The lowest BCUT2D eigenvalue weighted by atomic mass is 10.2. The molecule has 0 bridgehead atoms. The molecule has 2 rings (SSSR count). The summed E-state index contributed by atoms with van der Waals surface area (Å²) in [5, 5.41) is 13.7. The first-order chi connectivity index (χ1) is 8.92. The Morgan fingerprint density at radius 1 is 1.42 bits per heavy atom. The van der Waals surface area contributed by atoms with Crippen molar-refractivity contribution in [1.82, 2.24) is 10.2 Å². The van der Waals surface area contributed by atoms with Crippen LogP contribution in [-0.2, 0) is 10.0 Å². The van der Waals surface area contributed by atoms with Crippen LogP contribution in [0.4, 0.5) is 5.69 Å². The van der Waals surface area contributed by atoms with E-state index in [0.29, 0.717) is 11.3 Å². The molecule has 8 heteroatoms. The number of nitrogens with two attached hydrogens (primary N) is 1. The maximum atomic E-state index is 12.2. The molecule has 100 valence electrons. The number of hydrogen-bond acceptors (Lipinski definition) is 4. The van der Waals surface area contributed by atoms with Crippen molar-refractivity contribution >= 4 is 21.5 Å². The van der Waals surface area contributed by atoms with Gasteiger partial charge in [0.2, 0.25) is 0 Å². The summed E-state index contributed by atoms with van der Waals surface area (Å²) in [6.07, 6.45) is 1.23. The summed E-state index contributed by atoms with van der Waals surface area (Å²) < 4.78 is 26.8. The van der Waals surface area contributed by atoms with E-state index < -0.39 is 10.0 Å². The van der Waals surface area contributed by atoms with Gasteiger partial charge in [0, 0.05) is 5.56 Å². The van der Waals surface area contributed by atoms with Crippen LogP contribution in [-0.4, -0.2) is 24.5 Å². The molecule has 0 fully saturated rings. The van der Waals surface area contributed by atoms with Crippen molar-refractivity contribution in [2.75, 3.05) is 4.72 Å².